The van der Waals surface area contributed by atoms with Gasteiger partial charge >= 0.3 is 6.18 Å². The summed E-state index contributed by atoms with van der Waals surface area (Å²) in [4.78, 5) is 0. The van der Waals surface area contributed by atoms with Gasteiger partial charge in [-0.05, 0) is 23.6 Å². The zero-order valence-electron chi connectivity index (χ0n) is 8.11. The topological polar surface area (TPSA) is 0 Å². The molecule has 1 atom stereocenters. The summed E-state index contributed by atoms with van der Waals surface area (Å²) >= 11 is 2.89. The lowest BCUT2D eigenvalue weighted by Gasteiger charge is -2.13. The lowest BCUT2D eigenvalue weighted by Crippen LogP contribution is -2.07. The molecule has 0 saturated carbocycles. The first-order valence-corrected chi connectivity index (χ1v) is 5.14. The van der Waals surface area contributed by atoms with E-state index in [4.69, 9.17) is 0 Å². The van der Waals surface area contributed by atoms with Crippen LogP contribution >= 0.6 is 15.9 Å². The Balaban J connectivity index is 3.22. The van der Waals surface area contributed by atoms with Crippen LogP contribution in [0.5, 0.6) is 0 Å². The van der Waals surface area contributed by atoms with Gasteiger partial charge in [0, 0.05) is 4.47 Å². The van der Waals surface area contributed by atoms with Gasteiger partial charge in [0.2, 0.25) is 0 Å². The van der Waals surface area contributed by atoms with Gasteiger partial charge in [-0.2, -0.15) is 13.2 Å². The Morgan fingerprint density at radius 2 is 2.00 bits per heavy atom. The van der Waals surface area contributed by atoms with E-state index in [2.05, 4.69) is 22.5 Å². The summed E-state index contributed by atoms with van der Waals surface area (Å²) < 4.78 is 37.7. The lowest BCUT2D eigenvalue weighted by molar-refractivity contribution is -0.138. The molecule has 0 N–H and O–H groups in total. The molecule has 1 aromatic carbocycles. The minimum atomic E-state index is -4.32. The molecule has 4 heteroatoms. The van der Waals surface area contributed by atoms with Crippen molar-refractivity contribution in [2.24, 2.45) is 0 Å². The summed E-state index contributed by atoms with van der Waals surface area (Å²) in [5, 5.41) is 0. The zero-order valence-corrected chi connectivity index (χ0v) is 9.69. The second-order valence-corrected chi connectivity index (χ2v) is 4.12. The van der Waals surface area contributed by atoms with E-state index in [1.807, 2.05) is 0 Å². The third kappa shape index (κ3) is 2.84. The van der Waals surface area contributed by atoms with Gasteiger partial charge in [-0.25, -0.2) is 0 Å². The van der Waals surface area contributed by atoms with Crippen molar-refractivity contribution < 1.29 is 13.2 Å². The first-order chi connectivity index (χ1) is 6.86. The fourth-order valence-corrected chi connectivity index (χ4v) is 1.65. The summed E-state index contributed by atoms with van der Waals surface area (Å²) in [5.74, 6) is -0.0841. The van der Waals surface area contributed by atoms with Gasteiger partial charge < -0.3 is 0 Å². The highest BCUT2D eigenvalue weighted by atomic mass is 79.9. The molecular formula is C11H10BrF3. The van der Waals surface area contributed by atoms with E-state index >= 15 is 0 Å². The van der Waals surface area contributed by atoms with Crippen LogP contribution in [0.1, 0.15) is 24.0 Å². The minimum Gasteiger partial charge on any atom is -0.166 e. The summed E-state index contributed by atoms with van der Waals surface area (Å²) in [6, 6.07) is 4.22. The third-order valence-corrected chi connectivity index (χ3v) is 2.87. The first-order valence-electron chi connectivity index (χ1n) is 4.35. The van der Waals surface area contributed by atoms with Gasteiger partial charge in [0.05, 0.1) is 5.56 Å². The van der Waals surface area contributed by atoms with E-state index in [1.54, 1.807) is 19.1 Å². The molecule has 0 nitrogen and oxygen atoms in total. The van der Waals surface area contributed by atoms with Crippen LogP contribution in [0.4, 0.5) is 13.2 Å². The predicted molar refractivity (Wildman–Crippen MR) is 57.8 cm³/mol. The quantitative estimate of drug-likeness (QED) is 0.685. The Morgan fingerprint density at radius 1 is 1.40 bits per heavy atom. The maximum atomic E-state index is 12.5. The van der Waals surface area contributed by atoms with Crippen molar-refractivity contribution >= 4 is 15.9 Å². The average Bonchev–Trinajstić information content (AvgIpc) is 2.15. The molecule has 0 saturated heterocycles. The van der Waals surface area contributed by atoms with Crippen LogP contribution in [0, 0.1) is 0 Å². The Morgan fingerprint density at radius 3 is 2.47 bits per heavy atom. The van der Waals surface area contributed by atoms with E-state index in [1.165, 1.54) is 6.07 Å². The van der Waals surface area contributed by atoms with Crippen LogP contribution in [0.2, 0.25) is 0 Å². The number of rotatable bonds is 2. The van der Waals surface area contributed by atoms with Crippen LogP contribution in [0.3, 0.4) is 0 Å². The lowest BCUT2D eigenvalue weighted by atomic mass is 9.99. The van der Waals surface area contributed by atoms with Crippen LogP contribution in [-0.2, 0) is 6.18 Å². The van der Waals surface area contributed by atoms with Crippen molar-refractivity contribution in [3.63, 3.8) is 0 Å². The van der Waals surface area contributed by atoms with Crippen LogP contribution in [0.15, 0.2) is 35.3 Å². The monoisotopic (exact) mass is 278 g/mol. The number of hydrogen-bond acceptors (Lipinski definition) is 0. The molecule has 0 aliphatic carbocycles. The van der Waals surface area contributed by atoms with Crippen molar-refractivity contribution in [3.8, 4) is 0 Å². The minimum absolute atomic E-state index is 0.0648. The van der Waals surface area contributed by atoms with E-state index < -0.39 is 11.7 Å². The molecular weight excluding hydrogens is 269 g/mol. The number of benzene rings is 1. The van der Waals surface area contributed by atoms with E-state index in [9.17, 15) is 13.2 Å². The molecule has 0 aromatic heterocycles. The number of alkyl halides is 3. The molecule has 0 spiro atoms. The predicted octanol–water partition coefficient (Wildman–Crippen LogP) is 4.76. The molecule has 82 valence electrons. The van der Waals surface area contributed by atoms with Crippen molar-refractivity contribution in [1.82, 2.24) is 0 Å². The summed E-state index contributed by atoms with van der Waals surface area (Å²) in [6.45, 7) is 5.36. The standard InChI is InChI=1S/C11H10BrF3/c1-3-7(2)8-4-5-10(12)9(6-8)11(13,14)15/h3-7H,1H2,2H3. The SMILES string of the molecule is C=CC(C)c1ccc(Br)c(C(F)(F)F)c1. The molecule has 1 unspecified atom stereocenters. The summed E-state index contributed by atoms with van der Waals surface area (Å²) in [7, 11) is 0. The Kier molecular flexibility index (Phi) is 3.60. The number of hydrogen-bond donors (Lipinski definition) is 0. The molecule has 0 aliphatic rings. The smallest absolute Gasteiger partial charge is 0.166 e. The highest BCUT2D eigenvalue weighted by molar-refractivity contribution is 9.10. The summed E-state index contributed by atoms with van der Waals surface area (Å²) in [5.41, 5.74) is -0.0331. The van der Waals surface area contributed by atoms with Gasteiger partial charge in [0.15, 0.2) is 0 Å². The maximum absolute atomic E-state index is 12.5. The molecule has 1 rings (SSSR count). The van der Waals surface area contributed by atoms with Crippen LogP contribution < -0.4 is 0 Å². The van der Waals surface area contributed by atoms with Crippen molar-refractivity contribution in [1.29, 1.82) is 0 Å². The van der Waals surface area contributed by atoms with Crippen molar-refractivity contribution in [3.05, 3.63) is 46.5 Å². The molecule has 0 amide bonds. The number of halogens is 4. The molecule has 0 radical (unpaired) electrons. The van der Waals surface area contributed by atoms with Gasteiger partial charge in [0.1, 0.15) is 0 Å². The van der Waals surface area contributed by atoms with Gasteiger partial charge in [-0.15, -0.1) is 6.58 Å². The summed E-state index contributed by atoms with van der Waals surface area (Å²) in [6.07, 6.45) is -2.71. The molecule has 15 heavy (non-hydrogen) atoms. The van der Waals surface area contributed by atoms with Gasteiger partial charge in [-0.1, -0.05) is 35.0 Å². The first kappa shape index (κ1) is 12.3. The second kappa shape index (κ2) is 4.39. The Bertz CT molecular complexity index is 369. The van der Waals surface area contributed by atoms with Gasteiger partial charge in [-0.3, -0.25) is 0 Å². The van der Waals surface area contributed by atoms with Crippen molar-refractivity contribution in [2.45, 2.75) is 19.0 Å². The Hall–Kier alpha value is -0.770. The molecule has 0 fully saturated rings. The Labute approximate surface area is 94.9 Å². The molecule has 0 heterocycles. The highest BCUT2D eigenvalue weighted by Crippen LogP contribution is 2.36. The molecule has 1 aromatic rings. The third-order valence-electron chi connectivity index (χ3n) is 2.18. The molecule has 0 aliphatic heterocycles. The van der Waals surface area contributed by atoms with Crippen molar-refractivity contribution in [2.75, 3.05) is 0 Å². The maximum Gasteiger partial charge on any atom is 0.417 e. The number of allylic oxidation sites excluding steroid dienone is 1. The molecule has 0 bridgehead atoms. The largest absolute Gasteiger partial charge is 0.417 e. The average molecular weight is 279 g/mol. The van der Waals surface area contributed by atoms with Crippen LogP contribution in [-0.4, -0.2) is 0 Å². The highest BCUT2D eigenvalue weighted by Gasteiger charge is 2.33. The van der Waals surface area contributed by atoms with E-state index in [0.29, 0.717) is 5.56 Å². The fourth-order valence-electron chi connectivity index (χ4n) is 1.18. The van der Waals surface area contributed by atoms with Crippen LogP contribution in [0.25, 0.3) is 0 Å². The van der Waals surface area contributed by atoms with E-state index in [0.717, 1.165) is 6.07 Å². The van der Waals surface area contributed by atoms with E-state index in [-0.39, 0.29) is 10.4 Å². The zero-order chi connectivity index (χ0) is 11.6. The fraction of sp³-hybridized carbons (Fsp3) is 0.273. The normalized spacial score (nSPS) is 13.7. The van der Waals surface area contributed by atoms with Gasteiger partial charge in [0.25, 0.3) is 0 Å². The second-order valence-electron chi connectivity index (χ2n) is 3.26.